The number of aromatic amines is 1. The van der Waals surface area contributed by atoms with Crippen LogP contribution in [0.15, 0.2) is 53.5 Å². The van der Waals surface area contributed by atoms with Crippen LogP contribution in [0.1, 0.15) is 59.0 Å². The van der Waals surface area contributed by atoms with Crippen LogP contribution < -0.4 is 0 Å². The number of nitrogens with zero attached hydrogens (tertiary/aromatic N) is 4. The molecule has 0 spiro atoms. The standard InChI is InChI=1S/C23H23N5O2/c1-2-3-4-20-27-18-13-16(5-6-19(18)30-20)23(29)28-12-9-17-21(26-14-25-17)22(28)15-7-10-24-11-8-15/h5-8,10-11,13-14,22H,2-4,9,12H2,1H3,(H,25,26). The molecule has 1 aliphatic heterocycles. The van der Waals surface area contributed by atoms with Crippen molar-refractivity contribution in [3.05, 3.63) is 77.5 Å². The van der Waals surface area contributed by atoms with E-state index in [9.17, 15) is 4.79 Å². The van der Waals surface area contributed by atoms with Gasteiger partial charge >= 0.3 is 0 Å². The van der Waals surface area contributed by atoms with Crippen LogP contribution in [0, 0.1) is 0 Å². The highest BCUT2D eigenvalue weighted by molar-refractivity contribution is 5.97. The summed E-state index contributed by atoms with van der Waals surface area (Å²) in [6, 6.07) is 9.13. The van der Waals surface area contributed by atoms with Gasteiger partial charge in [-0.3, -0.25) is 9.78 Å². The second kappa shape index (κ2) is 7.74. The fourth-order valence-corrected chi connectivity index (χ4v) is 4.09. The number of imidazole rings is 1. The molecular weight excluding hydrogens is 378 g/mol. The Labute approximate surface area is 174 Å². The molecule has 1 atom stereocenters. The van der Waals surface area contributed by atoms with Crippen molar-refractivity contribution < 1.29 is 9.21 Å². The van der Waals surface area contributed by atoms with Crippen LogP contribution in [0.2, 0.25) is 0 Å². The summed E-state index contributed by atoms with van der Waals surface area (Å²) in [5, 5.41) is 0. The summed E-state index contributed by atoms with van der Waals surface area (Å²) in [6.07, 6.45) is 8.88. The zero-order valence-electron chi connectivity index (χ0n) is 16.8. The van der Waals surface area contributed by atoms with Crippen molar-refractivity contribution in [2.24, 2.45) is 0 Å². The van der Waals surface area contributed by atoms with E-state index in [1.165, 1.54) is 0 Å². The van der Waals surface area contributed by atoms with E-state index in [2.05, 4.69) is 26.9 Å². The molecule has 0 saturated heterocycles. The number of pyridine rings is 1. The predicted octanol–water partition coefficient (Wildman–Crippen LogP) is 4.08. The molecule has 7 nitrogen and oxygen atoms in total. The molecule has 1 aromatic carbocycles. The Morgan fingerprint density at radius 2 is 2.13 bits per heavy atom. The minimum atomic E-state index is -0.247. The second-order valence-corrected chi connectivity index (χ2v) is 7.59. The van der Waals surface area contributed by atoms with Crippen LogP contribution in [0.25, 0.3) is 11.1 Å². The molecule has 1 N–H and O–H groups in total. The lowest BCUT2D eigenvalue weighted by Crippen LogP contribution is -2.40. The molecule has 1 amide bonds. The maximum atomic E-state index is 13.6. The van der Waals surface area contributed by atoms with Gasteiger partial charge in [0.05, 0.1) is 12.0 Å². The number of fused-ring (bicyclic) bond motifs is 2. The molecule has 4 aromatic rings. The van der Waals surface area contributed by atoms with Crippen molar-refractivity contribution in [2.45, 2.75) is 38.6 Å². The number of hydrogen-bond donors (Lipinski definition) is 1. The molecular formula is C23H23N5O2. The Kier molecular flexibility index (Phi) is 4.78. The smallest absolute Gasteiger partial charge is 0.254 e. The Balaban J connectivity index is 1.50. The van der Waals surface area contributed by atoms with Gasteiger partial charge in [0.1, 0.15) is 11.6 Å². The van der Waals surface area contributed by atoms with E-state index in [1.807, 2.05) is 35.2 Å². The Bertz CT molecular complexity index is 1180. The average molecular weight is 401 g/mol. The molecule has 1 unspecified atom stereocenters. The molecule has 30 heavy (non-hydrogen) atoms. The molecule has 0 aliphatic carbocycles. The van der Waals surface area contributed by atoms with Gasteiger partial charge in [0, 0.05) is 43.0 Å². The third kappa shape index (κ3) is 3.26. The van der Waals surface area contributed by atoms with Gasteiger partial charge in [0.25, 0.3) is 5.91 Å². The zero-order chi connectivity index (χ0) is 20.5. The number of unbranched alkanes of at least 4 members (excludes halogenated alkanes) is 1. The first-order chi connectivity index (χ1) is 14.7. The van der Waals surface area contributed by atoms with Crippen molar-refractivity contribution in [1.82, 2.24) is 24.8 Å². The largest absolute Gasteiger partial charge is 0.441 e. The fourth-order valence-electron chi connectivity index (χ4n) is 4.09. The minimum absolute atomic E-state index is 0.0366. The van der Waals surface area contributed by atoms with E-state index < -0.39 is 0 Å². The number of carbonyl (C=O) groups is 1. The molecule has 0 radical (unpaired) electrons. The normalized spacial score (nSPS) is 16.0. The summed E-state index contributed by atoms with van der Waals surface area (Å²) < 4.78 is 5.82. The van der Waals surface area contributed by atoms with Crippen LogP contribution in [-0.4, -0.2) is 37.3 Å². The number of nitrogens with one attached hydrogen (secondary N) is 1. The summed E-state index contributed by atoms with van der Waals surface area (Å²) in [6.45, 7) is 2.75. The molecule has 0 fully saturated rings. The lowest BCUT2D eigenvalue weighted by atomic mass is 9.95. The van der Waals surface area contributed by atoms with Crippen LogP contribution in [0.5, 0.6) is 0 Å². The molecule has 0 bridgehead atoms. The summed E-state index contributed by atoms with van der Waals surface area (Å²) in [4.78, 5) is 31.9. The van der Waals surface area contributed by atoms with Crippen molar-refractivity contribution in [1.29, 1.82) is 0 Å². The van der Waals surface area contributed by atoms with Gasteiger partial charge < -0.3 is 14.3 Å². The average Bonchev–Trinajstić information content (AvgIpc) is 3.43. The summed E-state index contributed by atoms with van der Waals surface area (Å²) >= 11 is 0. The van der Waals surface area contributed by atoms with Crippen LogP contribution >= 0.6 is 0 Å². The van der Waals surface area contributed by atoms with E-state index in [4.69, 9.17) is 4.42 Å². The molecule has 0 saturated carbocycles. The van der Waals surface area contributed by atoms with Gasteiger partial charge in [-0.1, -0.05) is 13.3 Å². The topological polar surface area (TPSA) is 87.9 Å². The Morgan fingerprint density at radius 3 is 2.97 bits per heavy atom. The minimum Gasteiger partial charge on any atom is -0.441 e. The second-order valence-electron chi connectivity index (χ2n) is 7.59. The van der Waals surface area contributed by atoms with E-state index in [-0.39, 0.29) is 11.9 Å². The number of oxazole rings is 1. The van der Waals surface area contributed by atoms with Crippen molar-refractivity contribution in [2.75, 3.05) is 6.54 Å². The van der Waals surface area contributed by atoms with E-state index in [0.717, 1.165) is 59.6 Å². The third-order valence-corrected chi connectivity index (χ3v) is 5.63. The highest BCUT2D eigenvalue weighted by atomic mass is 16.3. The lowest BCUT2D eigenvalue weighted by Gasteiger charge is -2.35. The molecule has 4 heterocycles. The summed E-state index contributed by atoms with van der Waals surface area (Å²) in [5.41, 5.74) is 5.02. The zero-order valence-corrected chi connectivity index (χ0v) is 16.8. The first-order valence-electron chi connectivity index (χ1n) is 10.4. The Hall–Kier alpha value is -3.48. The van der Waals surface area contributed by atoms with Gasteiger partial charge in [-0.15, -0.1) is 0 Å². The lowest BCUT2D eigenvalue weighted by molar-refractivity contribution is 0.0690. The highest BCUT2D eigenvalue weighted by Crippen LogP contribution is 2.34. The molecule has 7 heteroatoms. The maximum absolute atomic E-state index is 13.6. The van der Waals surface area contributed by atoms with Crippen molar-refractivity contribution in [3.63, 3.8) is 0 Å². The third-order valence-electron chi connectivity index (χ3n) is 5.63. The SMILES string of the molecule is CCCCc1nc2cc(C(=O)N3CCc4[nH]cnc4C3c3ccncc3)ccc2o1. The summed E-state index contributed by atoms with van der Waals surface area (Å²) in [5.74, 6) is 0.690. The quantitative estimate of drug-likeness (QED) is 0.544. The first kappa shape index (κ1) is 18.5. The van der Waals surface area contributed by atoms with Crippen LogP contribution in [-0.2, 0) is 12.8 Å². The van der Waals surface area contributed by atoms with E-state index in [0.29, 0.717) is 12.1 Å². The summed E-state index contributed by atoms with van der Waals surface area (Å²) in [7, 11) is 0. The predicted molar refractivity (Wildman–Crippen MR) is 112 cm³/mol. The number of H-pyrrole nitrogens is 1. The number of carbonyl (C=O) groups excluding carboxylic acids is 1. The van der Waals surface area contributed by atoms with Crippen LogP contribution in [0.4, 0.5) is 0 Å². The molecule has 1 aliphatic rings. The number of amides is 1. The van der Waals surface area contributed by atoms with E-state index in [1.54, 1.807) is 18.7 Å². The maximum Gasteiger partial charge on any atom is 0.254 e. The van der Waals surface area contributed by atoms with Crippen molar-refractivity contribution >= 4 is 17.0 Å². The number of rotatable bonds is 5. The number of aryl methyl sites for hydroxylation is 1. The molecule has 152 valence electrons. The fraction of sp³-hybridized carbons (Fsp3) is 0.304. The van der Waals surface area contributed by atoms with Gasteiger partial charge in [-0.2, -0.15) is 0 Å². The number of benzene rings is 1. The number of aromatic nitrogens is 4. The van der Waals surface area contributed by atoms with Gasteiger partial charge in [0.15, 0.2) is 11.5 Å². The first-order valence-corrected chi connectivity index (χ1v) is 10.4. The number of hydrogen-bond acceptors (Lipinski definition) is 5. The Morgan fingerprint density at radius 1 is 1.27 bits per heavy atom. The van der Waals surface area contributed by atoms with Gasteiger partial charge in [-0.05, 0) is 42.3 Å². The molecule has 5 rings (SSSR count). The van der Waals surface area contributed by atoms with Crippen molar-refractivity contribution in [3.8, 4) is 0 Å². The molecule has 3 aromatic heterocycles. The van der Waals surface area contributed by atoms with Gasteiger partial charge in [-0.25, -0.2) is 9.97 Å². The van der Waals surface area contributed by atoms with E-state index >= 15 is 0 Å². The monoisotopic (exact) mass is 401 g/mol. The highest BCUT2D eigenvalue weighted by Gasteiger charge is 2.34. The van der Waals surface area contributed by atoms with Crippen LogP contribution in [0.3, 0.4) is 0 Å². The van der Waals surface area contributed by atoms with Gasteiger partial charge in [0.2, 0.25) is 0 Å².